The van der Waals surface area contributed by atoms with E-state index in [1.54, 1.807) is 29.2 Å². The van der Waals surface area contributed by atoms with Crippen molar-refractivity contribution in [1.82, 2.24) is 14.1 Å². The van der Waals surface area contributed by atoms with Crippen LogP contribution in [0.4, 0.5) is 11.4 Å². The first-order valence-corrected chi connectivity index (χ1v) is 9.38. The molecule has 0 radical (unpaired) electrons. The van der Waals surface area contributed by atoms with Crippen LogP contribution in [-0.2, 0) is 13.6 Å². The molecule has 3 rings (SSSR count). The molecule has 0 amide bonds. The van der Waals surface area contributed by atoms with E-state index < -0.39 is 5.60 Å². The van der Waals surface area contributed by atoms with Gasteiger partial charge >= 0.3 is 5.69 Å². The van der Waals surface area contributed by atoms with Crippen LogP contribution in [0.1, 0.15) is 32.3 Å². The number of anilines is 2. The number of imidazole rings is 1. The number of hydrogen-bond donors (Lipinski definition) is 2. The maximum Gasteiger partial charge on any atom is 0.328 e. The van der Waals surface area contributed by atoms with Gasteiger partial charge < -0.3 is 10.4 Å². The Balaban J connectivity index is 2.01. The molecule has 0 fully saturated rings. The summed E-state index contributed by atoms with van der Waals surface area (Å²) in [6, 6.07) is 9.26. The van der Waals surface area contributed by atoms with E-state index >= 15 is 0 Å². The normalized spacial score (nSPS) is 13.3. The Kier molecular flexibility index (Phi) is 5.45. The molecule has 0 aliphatic heterocycles. The van der Waals surface area contributed by atoms with Gasteiger partial charge in [-0.3, -0.25) is 9.13 Å². The summed E-state index contributed by atoms with van der Waals surface area (Å²) in [5, 5.41) is 22.9. The standard InChI is InChI=1S/C20H22ClN5O2/c1-4-20(2,28)8-10-26-17-11-13(5-6-16(17)25(3)19(26)27)24-15-7-9-23-18(21)14(15)12-22/h5-7,9,11,28H,4,8,10H2,1-3H3,(H,23,24). The average Bonchev–Trinajstić information content (AvgIpc) is 2.90. The van der Waals surface area contributed by atoms with Gasteiger partial charge in [0.05, 0.1) is 22.3 Å². The lowest BCUT2D eigenvalue weighted by atomic mass is 9.99. The number of fused-ring (bicyclic) bond motifs is 1. The lowest BCUT2D eigenvalue weighted by Gasteiger charge is -2.21. The van der Waals surface area contributed by atoms with E-state index in [0.717, 1.165) is 11.0 Å². The van der Waals surface area contributed by atoms with E-state index in [1.807, 2.05) is 31.2 Å². The highest BCUT2D eigenvalue weighted by Gasteiger charge is 2.20. The third-order valence-electron chi connectivity index (χ3n) is 5.08. The largest absolute Gasteiger partial charge is 0.390 e. The number of aliphatic hydroxyl groups is 1. The molecule has 28 heavy (non-hydrogen) atoms. The van der Waals surface area contributed by atoms with Gasteiger partial charge in [-0.05, 0) is 44.0 Å². The zero-order valence-electron chi connectivity index (χ0n) is 16.0. The number of pyridine rings is 1. The highest BCUT2D eigenvalue weighted by Crippen LogP contribution is 2.27. The molecule has 2 aromatic heterocycles. The number of aromatic nitrogens is 3. The van der Waals surface area contributed by atoms with Gasteiger partial charge in [-0.1, -0.05) is 18.5 Å². The molecule has 8 heteroatoms. The molecule has 0 bridgehead atoms. The summed E-state index contributed by atoms with van der Waals surface area (Å²) in [5.41, 5.74) is 2.10. The second-order valence-electron chi connectivity index (χ2n) is 7.06. The molecule has 7 nitrogen and oxygen atoms in total. The van der Waals surface area contributed by atoms with Crippen LogP contribution in [0.5, 0.6) is 0 Å². The van der Waals surface area contributed by atoms with Crippen LogP contribution in [0.2, 0.25) is 5.15 Å². The predicted molar refractivity (Wildman–Crippen MR) is 110 cm³/mol. The van der Waals surface area contributed by atoms with E-state index in [2.05, 4.69) is 10.3 Å². The van der Waals surface area contributed by atoms with Crippen LogP contribution in [0.3, 0.4) is 0 Å². The number of rotatable bonds is 6. The minimum absolute atomic E-state index is 0.131. The molecule has 1 unspecified atom stereocenters. The highest BCUT2D eigenvalue weighted by molar-refractivity contribution is 6.31. The molecule has 0 aliphatic rings. The van der Waals surface area contributed by atoms with Crippen molar-refractivity contribution in [1.29, 1.82) is 5.26 Å². The number of hydrogen-bond acceptors (Lipinski definition) is 5. The van der Waals surface area contributed by atoms with Crippen LogP contribution in [0, 0.1) is 11.3 Å². The zero-order valence-corrected chi connectivity index (χ0v) is 16.8. The van der Waals surface area contributed by atoms with Gasteiger partial charge in [0.2, 0.25) is 0 Å². The minimum atomic E-state index is -0.826. The molecular formula is C20H22ClN5O2. The predicted octanol–water partition coefficient (Wildman–Crippen LogP) is 3.55. The quantitative estimate of drug-likeness (QED) is 0.618. The molecule has 0 saturated heterocycles. The Labute approximate surface area is 167 Å². The van der Waals surface area contributed by atoms with E-state index in [0.29, 0.717) is 30.8 Å². The van der Waals surface area contributed by atoms with Crippen molar-refractivity contribution in [3.63, 3.8) is 0 Å². The smallest absolute Gasteiger partial charge is 0.328 e. The van der Waals surface area contributed by atoms with Gasteiger partial charge in [0.15, 0.2) is 0 Å². The summed E-state index contributed by atoms with van der Waals surface area (Å²) in [6.07, 6.45) is 2.60. The number of aryl methyl sites for hydroxylation is 2. The van der Waals surface area contributed by atoms with Gasteiger partial charge in [0.25, 0.3) is 0 Å². The fraction of sp³-hybridized carbons (Fsp3) is 0.350. The number of nitriles is 1. The molecule has 0 spiro atoms. The van der Waals surface area contributed by atoms with Crippen molar-refractivity contribution in [2.75, 3.05) is 5.32 Å². The van der Waals surface area contributed by atoms with Crippen LogP contribution < -0.4 is 11.0 Å². The number of benzene rings is 1. The van der Waals surface area contributed by atoms with Gasteiger partial charge in [-0.2, -0.15) is 5.26 Å². The SMILES string of the molecule is CCC(C)(O)CCn1c(=O)n(C)c2ccc(Nc3ccnc(Cl)c3C#N)cc21. The first kappa shape index (κ1) is 19.9. The van der Waals surface area contributed by atoms with Crippen molar-refractivity contribution >= 4 is 34.0 Å². The third-order valence-corrected chi connectivity index (χ3v) is 5.36. The molecule has 1 aromatic carbocycles. The molecule has 0 aliphatic carbocycles. The zero-order chi connectivity index (χ0) is 20.5. The Bertz CT molecular complexity index is 1120. The summed E-state index contributed by atoms with van der Waals surface area (Å²) in [6.45, 7) is 4.10. The Hall–Kier alpha value is -2.82. The van der Waals surface area contributed by atoms with Crippen molar-refractivity contribution in [2.45, 2.75) is 38.8 Å². The van der Waals surface area contributed by atoms with Gasteiger partial charge in [0.1, 0.15) is 16.8 Å². The average molecular weight is 400 g/mol. The maximum absolute atomic E-state index is 12.7. The summed E-state index contributed by atoms with van der Waals surface area (Å²) in [7, 11) is 1.72. The summed E-state index contributed by atoms with van der Waals surface area (Å²) >= 11 is 5.99. The van der Waals surface area contributed by atoms with Gasteiger partial charge in [0, 0.05) is 25.5 Å². The molecule has 146 valence electrons. The van der Waals surface area contributed by atoms with E-state index in [-0.39, 0.29) is 16.4 Å². The Morgan fingerprint density at radius 1 is 1.36 bits per heavy atom. The van der Waals surface area contributed by atoms with Crippen molar-refractivity contribution < 1.29 is 5.11 Å². The van der Waals surface area contributed by atoms with Crippen molar-refractivity contribution in [3.05, 3.63) is 51.7 Å². The molecule has 0 saturated carbocycles. The van der Waals surface area contributed by atoms with E-state index in [4.69, 9.17) is 11.6 Å². The first-order chi connectivity index (χ1) is 13.3. The first-order valence-electron chi connectivity index (χ1n) is 9.00. The topological polar surface area (TPSA) is 95.9 Å². The van der Waals surface area contributed by atoms with Crippen LogP contribution >= 0.6 is 11.6 Å². The second kappa shape index (κ2) is 7.66. The minimum Gasteiger partial charge on any atom is -0.390 e. The number of nitrogens with one attached hydrogen (secondary N) is 1. The lowest BCUT2D eigenvalue weighted by molar-refractivity contribution is 0.0426. The van der Waals surface area contributed by atoms with Crippen molar-refractivity contribution in [3.8, 4) is 6.07 Å². The molecule has 3 aromatic rings. The molecule has 2 heterocycles. The number of nitrogens with zero attached hydrogens (tertiary/aromatic N) is 4. The van der Waals surface area contributed by atoms with Crippen LogP contribution in [0.25, 0.3) is 11.0 Å². The van der Waals surface area contributed by atoms with E-state index in [1.165, 1.54) is 6.20 Å². The van der Waals surface area contributed by atoms with E-state index in [9.17, 15) is 15.2 Å². The highest BCUT2D eigenvalue weighted by atomic mass is 35.5. The fourth-order valence-electron chi connectivity index (χ4n) is 3.04. The Morgan fingerprint density at radius 2 is 2.11 bits per heavy atom. The fourth-order valence-corrected chi connectivity index (χ4v) is 3.24. The summed E-state index contributed by atoms with van der Waals surface area (Å²) in [5.74, 6) is 0. The maximum atomic E-state index is 12.7. The second-order valence-corrected chi connectivity index (χ2v) is 7.42. The molecule has 2 N–H and O–H groups in total. The lowest BCUT2D eigenvalue weighted by Crippen LogP contribution is -2.29. The summed E-state index contributed by atoms with van der Waals surface area (Å²) in [4.78, 5) is 16.6. The Morgan fingerprint density at radius 3 is 2.79 bits per heavy atom. The third kappa shape index (κ3) is 3.75. The van der Waals surface area contributed by atoms with Gasteiger partial charge in [-0.25, -0.2) is 9.78 Å². The molecular weight excluding hydrogens is 378 g/mol. The van der Waals surface area contributed by atoms with Crippen LogP contribution in [-0.4, -0.2) is 24.8 Å². The number of halogens is 1. The molecule has 1 atom stereocenters. The van der Waals surface area contributed by atoms with Gasteiger partial charge in [-0.15, -0.1) is 0 Å². The van der Waals surface area contributed by atoms with Crippen LogP contribution in [0.15, 0.2) is 35.3 Å². The monoisotopic (exact) mass is 399 g/mol. The summed E-state index contributed by atoms with van der Waals surface area (Å²) < 4.78 is 3.25. The van der Waals surface area contributed by atoms with Crippen molar-refractivity contribution in [2.24, 2.45) is 7.05 Å².